The largest absolute Gasteiger partial charge is 0.355 e. The first kappa shape index (κ1) is 9.99. The van der Waals surface area contributed by atoms with E-state index in [9.17, 15) is 4.79 Å². The number of amides is 1. The Morgan fingerprint density at radius 1 is 1.73 bits per heavy atom. The lowest BCUT2D eigenvalue weighted by atomic mass is 10.2. The second-order valence-corrected chi connectivity index (χ2v) is 2.05. The van der Waals surface area contributed by atoms with Crippen molar-refractivity contribution in [1.82, 2.24) is 5.32 Å². The van der Waals surface area contributed by atoms with E-state index >= 15 is 0 Å². The highest BCUT2D eigenvalue weighted by atomic mass is 16.1. The van der Waals surface area contributed by atoms with Gasteiger partial charge in [-0.3, -0.25) is 4.79 Å². The third-order valence-corrected chi connectivity index (χ3v) is 1.10. The molecular weight excluding hydrogens is 140 g/mol. The van der Waals surface area contributed by atoms with Crippen LogP contribution in [0.2, 0.25) is 0 Å². The lowest BCUT2D eigenvalue weighted by molar-refractivity contribution is -0.120. The molecule has 3 heteroatoms. The highest BCUT2D eigenvalue weighted by Crippen LogP contribution is 1.90. The Balaban J connectivity index is 3.17. The van der Waals surface area contributed by atoms with Gasteiger partial charge in [0.1, 0.15) is 0 Å². The van der Waals surface area contributed by atoms with Crippen LogP contribution in [0.3, 0.4) is 0 Å². The summed E-state index contributed by atoms with van der Waals surface area (Å²) in [4.78, 5) is 10.8. The zero-order valence-corrected chi connectivity index (χ0v) is 6.47. The fourth-order valence-corrected chi connectivity index (χ4v) is 0.587. The molecule has 0 unspecified atom stereocenters. The molecule has 3 N–H and O–H groups in total. The summed E-state index contributed by atoms with van der Waals surface area (Å²) in [5, 5.41) is 2.64. The Morgan fingerprint density at radius 3 is 3.00 bits per heavy atom. The average Bonchev–Trinajstić information content (AvgIpc) is 2.01. The maximum atomic E-state index is 10.8. The van der Waals surface area contributed by atoms with Crippen molar-refractivity contribution in [3.8, 4) is 12.3 Å². The number of carbonyl (C=O) groups excluding carboxylic acids is 1. The average molecular weight is 153 g/mol. The molecule has 0 aliphatic heterocycles. The molecule has 0 saturated heterocycles. The summed E-state index contributed by atoms with van der Waals surface area (Å²) in [5.74, 6) is 2.35. The van der Waals surface area contributed by atoms with Gasteiger partial charge in [0.2, 0.25) is 5.91 Å². The van der Waals surface area contributed by atoms with E-state index in [-0.39, 0.29) is 5.91 Å². The molecule has 0 saturated carbocycles. The van der Waals surface area contributed by atoms with Crippen molar-refractivity contribution in [1.29, 1.82) is 0 Å². The third-order valence-electron chi connectivity index (χ3n) is 1.10. The van der Waals surface area contributed by atoms with E-state index in [1.165, 1.54) is 0 Å². The van der Waals surface area contributed by atoms with Crippen LogP contribution >= 0.6 is 0 Å². The zero-order valence-electron chi connectivity index (χ0n) is 6.47. The molecule has 0 aliphatic rings. The number of nitrogens with two attached hydrogens (primary N) is 1. The fourth-order valence-electron chi connectivity index (χ4n) is 0.587. The van der Waals surface area contributed by atoms with Crippen LogP contribution in [0.15, 0.2) is 0 Å². The summed E-state index contributed by atoms with van der Waals surface area (Å²) in [6.45, 7) is 1.01. The highest BCUT2D eigenvalue weighted by Gasteiger charge is 1.97. The molecule has 61 valence electrons. The Bertz CT molecular complexity index is 149. The number of unbranched alkanes of at least 4 members (excludes halogenated alkanes) is 1. The molecular formula is C8H13N2O. The molecule has 0 rings (SSSR count). The summed E-state index contributed by atoms with van der Waals surface area (Å²) in [6.07, 6.45) is 7.67. The van der Waals surface area contributed by atoms with Crippen molar-refractivity contribution in [2.24, 2.45) is 5.73 Å². The molecule has 1 amide bonds. The van der Waals surface area contributed by atoms with Gasteiger partial charge in [-0.2, -0.15) is 0 Å². The number of carbonyl (C=O) groups is 1. The Morgan fingerprint density at radius 2 is 2.45 bits per heavy atom. The summed E-state index contributed by atoms with van der Waals surface area (Å²) < 4.78 is 0. The van der Waals surface area contributed by atoms with Gasteiger partial charge in [0.15, 0.2) is 0 Å². The van der Waals surface area contributed by atoms with Crippen LogP contribution in [0, 0.1) is 18.8 Å². The molecule has 0 spiro atoms. The number of hydrogen-bond donors (Lipinski definition) is 2. The minimum absolute atomic E-state index is 0.00181. The molecule has 3 nitrogen and oxygen atoms in total. The Labute approximate surface area is 67.3 Å². The SMILES string of the molecule is C#C[CH]CCC(=O)NCCN. The normalized spacial score (nSPS) is 8.73. The van der Waals surface area contributed by atoms with Crippen LogP contribution in [-0.2, 0) is 4.79 Å². The summed E-state index contributed by atoms with van der Waals surface area (Å²) >= 11 is 0. The van der Waals surface area contributed by atoms with Crippen LogP contribution in [0.4, 0.5) is 0 Å². The molecule has 0 heterocycles. The van der Waals surface area contributed by atoms with Crippen molar-refractivity contribution in [2.45, 2.75) is 12.8 Å². The van der Waals surface area contributed by atoms with Crippen LogP contribution < -0.4 is 11.1 Å². The zero-order chi connectivity index (χ0) is 8.53. The molecule has 0 aromatic heterocycles. The van der Waals surface area contributed by atoms with Crippen LogP contribution in [0.1, 0.15) is 12.8 Å². The lowest BCUT2D eigenvalue weighted by Crippen LogP contribution is -2.28. The predicted octanol–water partition coefficient (Wildman–Crippen LogP) is -0.321. The summed E-state index contributed by atoms with van der Waals surface area (Å²) in [7, 11) is 0. The van der Waals surface area contributed by atoms with Crippen LogP contribution in [-0.4, -0.2) is 19.0 Å². The van der Waals surface area contributed by atoms with E-state index < -0.39 is 0 Å². The van der Waals surface area contributed by atoms with Gasteiger partial charge in [0.25, 0.3) is 0 Å². The molecule has 1 radical (unpaired) electrons. The second kappa shape index (κ2) is 7.10. The lowest BCUT2D eigenvalue weighted by Gasteiger charge is -2.00. The first-order chi connectivity index (χ1) is 5.31. The van der Waals surface area contributed by atoms with E-state index in [4.69, 9.17) is 12.2 Å². The number of hydrogen-bond acceptors (Lipinski definition) is 2. The molecule has 0 aliphatic carbocycles. The van der Waals surface area contributed by atoms with E-state index in [0.717, 1.165) is 0 Å². The van der Waals surface area contributed by atoms with E-state index in [2.05, 4.69) is 11.2 Å². The predicted molar refractivity (Wildman–Crippen MR) is 44.4 cm³/mol. The fraction of sp³-hybridized carbons (Fsp3) is 0.500. The quantitative estimate of drug-likeness (QED) is 0.420. The van der Waals surface area contributed by atoms with E-state index in [1.54, 1.807) is 6.42 Å². The van der Waals surface area contributed by atoms with E-state index in [1.807, 2.05) is 0 Å². The van der Waals surface area contributed by atoms with E-state index in [0.29, 0.717) is 25.9 Å². The minimum atomic E-state index is 0.00181. The summed E-state index contributed by atoms with van der Waals surface area (Å²) in [5.41, 5.74) is 5.18. The first-order valence-corrected chi connectivity index (χ1v) is 3.56. The maximum absolute atomic E-state index is 10.8. The minimum Gasteiger partial charge on any atom is -0.355 e. The number of nitrogens with one attached hydrogen (secondary N) is 1. The van der Waals surface area contributed by atoms with Gasteiger partial charge in [-0.25, -0.2) is 0 Å². The van der Waals surface area contributed by atoms with Gasteiger partial charge in [0, 0.05) is 25.9 Å². The monoisotopic (exact) mass is 153 g/mol. The topological polar surface area (TPSA) is 55.1 Å². The second-order valence-electron chi connectivity index (χ2n) is 2.05. The first-order valence-electron chi connectivity index (χ1n) is 3.56. The smallest absolute Gasteiger partial charge is 0.220 e. The molecule has 0 atom stereocenters. The summed E-state index contributed by atoms with van der Waals surface area (Å²) in [6, 6.07) is 0. The van der Waals surface area contributed by atoms with Crippen molar-refractivity contribution >= 4 is 5.91 Å². The van der Waals surface area contributed by atoms with Crippen molar-refractivity contribution < 1.29 is 4.79 Å². The van der Waals surface area contributed by atoms with Gasteiger partial charge in [-0.15, -0.1) is 12.3 Å². The number of terminal acetylenes is 1. The van der Waals surface area contributed by atoms with Gasteiger partial charge in [0.05, 0.1) is 0 Å². The molecule has 0 aromatic carbocycles. The molecule has 0 aromatic rings. The van der Waals surface area contributed by atoms with Crippen molar-refractivity contribution in [3.63, 3.8) is 0 Å². The number of rotatable bonds is 5. The Hall–Kier alpha value is -1.01. The van der Waals surface area contributed by atoms with Crippen LogP contribution in [0.5, 0.6) is 0 Å². The van der Waals surface area contributed by atoms with Gasteiger partial charge in [-0.05, 0) is 6.42 Å². The van der Waals surface area contributed by atoms with Crippen LogP contribution in [0.25, 0.3) is 0 Å². The van der Waals surface area contributed by atoms with Gasteiger partial charge < -0.3 is 11.1 Å². The van der Waals surface area contributed by atoms with Gasteiger partial charge in [-0.1, -0.05) is 0 Å². The van der Waals surface area contributed by atoms with Crippen molar-refractivity contribution in [2.75, 3.05) is 13.1 Å². The molecule has 11 heavy (non-hydrogen) atoms. The standard InChI is InChI=1S/C8H13N2O/c1-2-3-4-5-8(11)10-7-6-9/h1,3H,4-7,9H2,(H,10,11). The Kier molecular flexibility index (Phi) is 6.45. The van der Waals surface area contributed by atoms with Crippen molar-refractivity contribution in [3.05, 3.63) is 6.42 Å². The molecule has 0 fully saturated rings. The maximum Gasteiger partial charge on any atom is 0.220 e. The molecule has 0 bridgehead atoms. The highest BCUT2D eigenvalue weighted by molar-refractivity contribution is 5.75. The van der Waals surface area contributed by atoms with Gasteiger partial charge >= 0.3 is 0 Å². The third kappa shape index (κ3) is 6.88.